The maximum atomic E-state index is 13.0. The number of aromatic nitrogens is 2. The highest BCUT2D eigenvalue weighted by Gasteiger charge is 2.63. The van der Waals surface area contributed by atoms with Gasteiger partial charge in [0.25, 0.3) is 31.4 Å². The minimum Gasteiger partial charge on any atom is -0.368 e. The van der Waals surface area contributed by atoms with Crippen LogP contribution in [0.5, 0.6) is 0 Å². The molecule has 19 heteroatoms. The van der Waals surface area contributed by atoms with Gasteiger partial charge in [-0.15, -0.1) is 0 Å². The molecule has 3 heterocycles. The van der Waals surface area contributed by atoms with Crippen LogP contribution < -0.4 is 16.6 Å². The van der Waals surface area contributed by atoms with Crippen LogP contribution in [-0.4, -0.2) is 86.2 Å². The molecule has 0 saturated carbocycles. The molecule has 18 nitrogen and oxygen atoms in total. The first-order valence-corrected chi connectivity index (χ1v) is 16.4. The van der Waals surface area contributed by atoms with Gasteiger partial charge in [-0.3, -0.25) is 39.4 Å². The van der Waals surface area contributed by atoms with Gasteiger partial charge in [0.1, 0.15) is 35.5 Å². The van der Waals surface area contributed by atoms with Gasteiger partial charge in [0.15, 0.2) is 6.23 Å². The average Bonchev–Trinajstić information content (AvgIpc) is 3.54. The topological polar surface area (TPSA) is 215 Å². The first-order chi connectivity index (χ1) is 23.2. The van der Waals surface area contributed by atoms with E-state index in [0.29, 0.717) is 12.5 Å². The molecule has 2 fully saturated rings. The number of nitrogens with zero attached hydrogens (tertiary/aromatic N) is 5. The van der Waals surface area contributed by atoms with Gasteiger partial charge in [0.2, 0.25) is 6.54 Å². The molecular weight excluding hydrogens is 665 g/mol. The van der Waals surface area contributed by atoms with Crippen LogP contribution in [0.25, 0.3) is 4.85 Å². The molecule has 1 aromatic carbocycles. The molecule has 1 amide bonds. The van der Waals surface area contributed by atoms with Crippen molar-refractivity contribution in [3.63, 3.8) is 0 Å². The molecule has 2 aliphatic heterocycles. The van der Waals surface area contributed by atoms with Crippen molar-refractivity contribution in [2.24, 2.45) is 0 Å². The van der Waals surface area contributed by atoms with Crippen LogP contribution in [0.4, 0.5) is 11.4 Å². The van der Waals surface area contributed by atoms with Crippen molar-refractivity contribution in [2.45, 2.75) is 77.2 Å². The van der Waals surface area contributed by atoms with Crippen molar-refractivity contribution in [3.05, 3.63) is 88.0 Å². The lowest BCUT2D eigenvalue weighted by Gasteiger charge is -2.38. The highest BCUT2D eigenvalue weighted by molar-refractivity contribution is 7.44. The number of H-pyrrole nitrogens is 1. The van der Waals surface area contributed by atoms with Crippen molar-refractivity contribution < 1.29 is 33.2 Å². The summed E-state index contributed by atoms with van der Waals surface area (Å²) >= 11 is 0. The standard InChI is InChI=1S/C30H36N7O11P/c1-7-30-17-45-24(25(30)48-49(46-14-13-31-6)35(18(2)3)19(4)5)28(47-30)34-16-20(26(38)33-29(34)40)9-8-12-32-27(39)22-11-10-21(36(41)42)15-23(22)37(43)44/h10-11,15-16,18-19,24-25,28H,7,12-14,17H2,1-5H3,(H,32,39)(H,33,38,40)/t24?,25-,28-,30+,49?/m1/s1. The Hall–Kier alpha value is -4.55. The number of nitrogens with one attached hydrogen (secondary N) is 2. The van der Waals surface area contributed by atoms with E-state index >= 15 is 0 Å². The second-order valence-corrected chi connectivity index (χ2v) is 13.1. The second-order valence-electron chi connectivity index (χ2n) is 11.7. The number of nitro benzene ring substituents is 2. The monoisotopic (exact) mass is 701 g/mol. The van der Waals surface area contributed by atoms with Gasteiger partial charge >= 0.3 is 5.69 Å². The summed E-state index contributed by atoms with van der Waals surface area (Å²) in [4.78, 5) is 64.5. The Morgan fingerprint density at radius 2 is 1.98 bits per heavy atom. The number of ether oxygens (including phenoxy) is 2. The number of benzene rings is 1. The molecule has 4 rings (SSSR count). The zero-order chi connectivity index (χ0) is 36.0. The maximum Gasteiger partial charge on any atom is 0.330 e. The van der Waals surface area contributed by atoms with Crippen molar-refractivity contribution in [1.29, 1.82) is 0 Å². The first kappa shape index (κ1) is 37.3. The van der Waals surface area contributed by atoms with Gasteiger partial charge < -0.3 is 28.7 Å². The highest BCUT2D eigenvalue weighted by atomic mass is 31.2. The van der Waals surface area contributed by atoms with Crippen LogP contribution in [0, 0.1) is 38.6 Å². The summed E-state index contributed by atoms with van der Waals surface area (Å²) in [5.74, 6) is 4.24. The molecule has 49 heavy (non-hydrogen) atoms. The summed E-state index contributed by atoms with van der Waals surface area (Å²) in [5, 5.41) is 24.7. The van der Waals surface area contributed by atoms with Gasteiger partial charge in [0.05, 0.1) is 29.1 Å². The fourth-order valence-electron chi connectivity index (χ4n) is 5.59. The molecule has 2 bridgehead atoms. The summed E-state index contributed by atoms with van der Waals surface area (Å²) in [7, 11) is -1.67. The van der Waals surface area contributed by atoms with Crippen molar-refractivity contribution in [1.82, 2.24) is 19.5 Å². The molecule has 2 aromatic rings. The Balaban J connectivity index is 1.56. The van der Waals surface area contributed by atoms with Crippen LogP contribution in [0.1, 0.15) is 63.2 Å². The third-order valence-corrected chi connectivity index (χ3v) is 9.97. The fourth-order valence-corrected chi connectivity index (χ4v) is 7.39. The molecule has 0 spiro atoms. The molecule has 5 atom stereocenters. The van der Waals surface area contributed by atoms with E-state index < -0.39 is 76.5 Å². The number of carbonyl (C=O) groups is 1. The first-order valence-electron chi connectivity index (χ1n) is 15.3. The lowest BCUT2D eigenvalue weighted by Crippen LogP contribution is -2.43. The van der Waals surface area contributed by atoms with Crippen LogP contribution in [0.3, 0.4) is 0 Å². The molecule has 2 N–H and O–H groups in total. The maximum absolute atomic E-state index is 13.0. The van der Waals surface area contributed by atoms with E-state index in [4.69, 9.17) is 25.1 Å². The Labute approximate surface area is 281 Å². The van der Waals surface area contributed by atoms with Gasteiger partial charge in [-0.25, -0.2) is 16.0 Å². The third-order valence-electron chi connectivity index (χ3n) is 7.86. The molecule has 2 saturated heterocycles. The minimum absolute atomic E-state index is 0.0466. The Morgan fingerprint density at radius 3 is 2.59 bits per heavy atom. The molecule has 2 unspecified atom stereocenters. The number of rotatable bonds is 14. The third kappa shape index (κ3) is 8.02. The Morgan fingerprint density at radius 1 is 1.27 bits per heavy atom. The van der Waals surface area contributed by atoms with Crippen molar-refractivity contribution >= 4 is 25.8 Å². The smallest absolute Gasteiger partial charge is 0.330 e. The zero-order valence-corrected chi connectivity index (χ0v) is 28.3. The number of aromatic amines is 1. The number of non-ortho nitro benzene ring substituents is 1. The van der Waals surface area contributed by atoms with E-state index in [1.165, 1.54) is 6.20 Å². The summed E-state index contributed by atoms with van der Waals surface area (Å²) < 4.78 is 28.5. The highest BCUT2D eigenvalue weighted by Crippen LogP contribution is 2.55. The fraction of sp³-hybridized carbons (Fsp3) is 0.533. The summed E-state index contributed by atoms with van der Waals surface area (Å²) in [6.45, 7) is 17.3. The quantitative estimate of drug-likeness (QED) is 0.0726. The summed E-state index contributed by atoms with van der Waals surface area (Å²) in [5.41, 5.74) is -4.37. The van der Waals surface area contributed by atoms with E-state index in [0.717, 1.165) is 16.7 Å². The summed E-state index contributed by atoms with van der Waals surface area (Å²) in [6, 6.07) is 2.70. The van der Waals surface area contributed by atoms with Gasteiger partial charge in [0, 0.05) is 24.3 Å². The molecule has 262 valence electrons. The zero-order valence-electron chi connectivity index (χ0n) is 27.4. The number of carbonyl (C=O) groups excluding carboxylic acids is 1. The molecular formula is C30H36N7O11P. The molecule has 0 radical (unpaired) electrons. The number of fused-ring (bicyclic) bond motifs is 2. The van der Waals surface area contributed by atoms with Crippen molar-refractivity contribution in [3.8, 4) is 11.8 Å². The van der Waals surface area contributed by atoms with Gasteiger partial charge in [-0.1, -0.05) is 18.8 Å². The number of amides is 1. The number of hydrogen-bond acceptors (Lipinski definition) is 12. The van der Waals surface area contributed by atoms with Crippen LogP contribution in [0.2, 0.25) is 0 Å². The lowest BCUT2D eigenvalue weighted by atomic mass is 9.96. The van der Waals surface area contributed by atoms with Crippen LogP contribution in [0.15, 0.2) is 34.0 Å². The summed E-state index contributed by atoms with van der Waals surface area (Å²) in [6.07, 6.45) is -0.741. The van der Waals surface area contributed by atoms with Gasteiger partial charge in [-0.2, -0.15) is 0 Å². The average molecular weight is 702 g/mol. The van der Waals surface area contributed by atoms with Gasteiger partial charge in [-0.05, 0) is 40.2 Å². The Bertz CT molecular complexity index is 1800. The predicted octanol–water partition coefficient (Wildman–Crippen LogP) is 2.88. The number of nitro groups is 2. The lowest BCUT2D eigenvalue weighted by molar-refractivity contribution is -0.394. The van der Waals surface area contributed by atoms with E-state index in [-0.39, 0.29) is 44.0 Å². The Kier molecular flexibility index (Phi) is 12.0. The van der Waals surface area contributed by atoms with E-state index in [1.54, 1.807) is 0 Å². The number of hydrogen-bond donors (Lipinski definition) is 2. The van der Waals surface area contributed by atoms with E-state index in [1.807, 2.05) is 34.6 Å². The van der Waals surface area contributed by atoms with Crippen LogP contribution in [-0.2, 0) is 18.5 Å². The molecule has 2 aliphatic rings. The molecule has 0 aliphatic carbocycles. The van der Waals surface area contributed by atoms with Crippen LogP contribution >= 0.6 is 8.53 Å². The van der Waals surface area contributed by atoms with E-state index in [2.05, 4.69) is 31.7 Å². The normalized spacial score (nSPS) is 21.7. The molecule has 1 aromatic heterocycles. The largest absolute Gasteiger partial charge is 0.368 e. The minimum atomic E-state index is -1.67. The van der Waals surface area contributed by atoms with E-state index in [9.17, 15) is 34.6 Å². The SMILES string of the molecule is [C-]#[N+]CCOP(O[C@@H]1C2OC[C@]1(CC)O[C@H]2n1cc(C#CCNC(=O)c2ccc([N+](=O)[O-])cc2[N+](=O)[O-])c(=O)[nH]c1=O)N(C(C)C)C(C)C. The van der Waals surface area contributed by atoms with Crippen molar-refractivity contribution in [2.75, 3.05) is 26.3 Å². The second kappa shape index (κ2) is 15.8. The predicted molar refractivity (Wildman–Crippen MR) is 174 cm³/mol.